The normalized spacial score (nSPS) is 28.6. The van der Waals surface area contributed by atoms with Crippen molar-refractivity contribution in [1.82, 2.24) is 14.9 Å². The number of carbonyl (C=O) groups is 1. The van der Waals surface area contributed by atoms with Crippen LogP contribution in [0.3, 0.4) is 0 Å². The molecule has 0 radical (unpaired) electrons. The maximum absolute atomic E-state index is 12.2. The van der Waals surface area contributed by atoms with Crippen molar-refractivity contribution in [3.05, 3.63) is 0 Å². The van der Waals surface area contributed by atoms with Crippen molar-refractivity contribution in [2.45, 2.75) is 57.5 Å². The van der Waals surface area contributed by atoms with E-state index in [1.807, 2.05) is 0 Å². The van der Waals surface area contributed by atoms with E-state index < -0.39 is 10.0 Å². The predicted octanol–water partition coefficient (Wildman–Crippen LogP) is 0.695. The van der Waals surface area contributed by atoms with Crippen molar-refractivity contribution in [1.29, 1.82) is 0 Å². The lowest BCUT2D eigenvalue weighted by Crippen LogP contribution is -2.43. The van der Waals surface area contributed by atoms with Gasteiger partial charge in [-0.1, -0.05) is 12.8 Å². The zero-order chi connectivity index (χ0) is 16.2. The summed E-state index contributed by atoms with van der Waals surface area (Å²) in [4.78, 5) is 12.2. The molecule has 0 spiro atoms. The van der Waals surface area contributed by atoms with Gasteiger partial charge in [-0.3, -0.25) is 4.79 Å². The van der Waals surface area contributed by atoms with Crippen LogP contribution in [0, 0.1) is 5.92 Å². The van der Waals surface area contributed by atoms with Crippen LogP contribution in [0.2, 0.25) is 0 Å². The number of nitrogens with zero attached hydrogens (tertiary/aromatic N) is 1. The quantitative estimate of drug-likeness (QED) is 0.673. The molecule has 2 fully saturated rings. The molecule has 1 aliphatic carbocycles. The van der Waals surface area contributed by atoms with Gasteiger partial charge < -0.3 is 10.6 Å². The fourth-order valence-corrected chi connectivity index (χ4v) is 4.37. The van der Waals surface area contributed by atoms with Crippen LogP contribution in [0.1, 0.15) is 45.4 Å². The molecule has 7 heteroatoms. The van der Waals surface area contributed by atoms with Gasteiger partial charge in [0.15, 0.2) is 0 Å². The van der Waals surface area contributed by atoms with Crippen molar-refractivity contribution >= 4 is 15.9 Å². The Balaban J connectivity index is 1.66. The Kier molecular flexibility index (Phi) is 6.23. The molecule has 2 rings (SSSR count). The SMILES string of the molecule is CCS(=O)(=O)N(C)CCCNC(=O)C1CC2CCCCC2N1. The van der Waals surface area contributed by atoms with E-state index in [0.717, 1.165) is 6.42 Å². The lowest BCUT2D eigenvalue weighted by Gasteiger charge is -2.24. The van der Waals surface area contributed by atoms with Gasteiger partial charge >= 0.3 is 0 Å². The van der Waals surface area contributed by atoms with Crippen molar-refractivity contribution in [3.8, 4) is 0 Å². The first-order valence-corrected chi connectivity index (χ1v) is 10.0. The summed E-state index contributed by atoms with van der Waals surface area (Å²) in [5.41, 5.74) is 0. The second-order valence-corrected chi connectivity index (χ2v) is 8.84. The summed E-state index contributed by atoms with van der Waals surface area (Å²) in [5.74, 6) is 0.839. The van der Waals surface area contributed by atoms with Crippen molar-refractivity contribution in [2.24, 2.45) is 5.92 Å². The highest BCUT2D eigenvalue weighted by molar-refractivity contribution is 7.89. The molecule has 3 unspecified atom stereocenters. The van der Waals surface area contributed by atoms with E-state index >= 15 is 0 Å². The maximum Gasteiger partial charge on any atom is 0.237 e. The lowest BCUT2D eigenvalue weighted by atomic mass is 9.85. The number of fused-ring (bicyclic) bond motifs is 1. The largest absolute Gasteiger partial charge is 0.355 e. The Hall–Kier alpha value is -0.660. The maximum atomic E-state index is 12.2. The minimum atomic E-state index is -3.12. The molecule has 2 aliphatic rings. The van der Waals surface area contributed by atoms with E-state index in [9.17, 15) is 13.2 Å². The fourth-order valence-electron chi connectivity index (χ4n) is 3.52. The van der Waals surface area contributed by atoms with E-state index in [2.05, 4.69) is 10.6 Å². The average Bonchev–Trinajstić information content (AvgIpc) is 2.95. The van der Waals surface area contributed by atoms with Crippen LogP contribution in [0.15, 0.2) is 0 Å². The van der Waals surface area contributed by atoms with Crippen LogP contribution in [0.5, 0.6) is 0 Å². The first-order valence-electron chi connectivity index (χ1n) is 8.42. The van der Waals surface area contributed by atoms with Gasteiger partial charge in [-0.2, -0.15) is 0 Å². The zero-order valence-electron chi connectivity index (χ0n) is 13.7. The Morgan fingerprint density at radius 3 is 2.73 bits per heavy atom. The molecule has 0 aromatic heterocycles. The number of nitrogens with one attached hydrogen (secondary N) is 2. The van der Waals surface area contributed by atoms with Crippen LogP contribution in [0.4, 0.5) is 0 Å². The Morgan fingerprint density at radius 1 is 1.32 bits per heavy atom. The highest BCUT2D eigenvalue weighted by Crippen LogP contribution is 2.33. The van der Waals surface area contributed by atoms with Gasteiger partial charge in [-0.15, -0.1) is 0 Å². The Bertz CT molecular complexity index is 466. The zero-order valence-corrected chi connectivity index (χ0v) is 14.5. The minimum Gasteiger partial charge on any atom is -0.355 e. The third-order valence-corrected chi connectivity index (χ3v) is 6.83. The first kappa shape index (κ1) is 17.7. The summed E-state index contributed by atoms with van der Waals surface area (Å²) in [6.07, 6.45) is 6.56. The minimum absolute atomic E-state index is 0.0646. The van der Waals surface area contributed by atoms with Gasteiger partial charge in [0.2, 0.25) is 15.9 Å². The topological polar surface area (TPSA) is 78.5 Å². The second kappa shape index (κ2) is 7.75. The van der Waals surface area contributed by atoms with Crippen molar-refractivity contribution in [3.63, 3.8) is 0 Å². The molecular weight excluding hydrogens is 302 g/mol. The molecule has 128 valence electrons. The van der Waals surface area contributed by atoms with Gasteiger partial charge in [0, 0.05) is 26.2 Å². The number of amides is 1. The van der Waals surface area contributed by atoms with Crippen LogP contribution >= 0.6 is 0 Å². The van der Waals surface area contributed by atoms with Gasteiger partial charge in [0.05, 0.1) is 11.8 Å². The molecule has 1 aliphatic heterocycles. The van der Waals surface area contributed by atoms with Gasteiger partial charge in [-0.05, 0) is 38.5 Å². The van der Waals surface area contributed by atoms with Crippen molar-refractivity contribution < 1.29 is 13.2 Å². The third-order valence-electron chi connectivity index (χ3n) is 4.97. The Morgan fingerprint density at radius 2 is 2.05 bits per heavy atom. The van der Waals surface area contributed by atoms with Crippen LogP contribution < -0.4 is 10.6 Å². The van der Waals surface area contributed by atoms with Gasteiger partial charge in [0.1, 0.15) is 0 Å². The molecule has 22 heavy (non-hydrogen) atoms. The molecule has 3 atom stereocenters. The molecule has 0 bridgehead atoms. The van der Waals surface area contributed by atoms with Crippen molar-refractivity contribution in [2.75, 3.05) is 25.9 Å². The molecular formula is C15H29N3O3S. The summed E-state index contributed by atoms with van der Waals surface area (Å²) in [7, 11) is -1.53. The van der Waals surface area contributed by atoms with Gasteiger partial charge in [-0.25, -0.2) is 12.7 Å². The van der Waals surface area contributed by atoms with Crippen LogP contribution in [-0.4, -0.2) is 56.6 Å². The monoisotopic (exact) mass is 331 g/mol. The summed E-state index contributed by atoms with van der Waals surface area (Å²) in [5, 5.41) is 6.39. The Labute approximate surface area is 134 Å². The number of hydrogen-bond acceptors (Lipinski definition) is 4. The van der Waals surface area contributed by atoms with Gasteiger partial charge in [0.25, 0.3) is 0 Å². The second-order valence-electron chi connectivity index (χ2n) is 6.47. The van der Waals surface area contributed by atoms with Crippen LogP contribution in [0.25, 0.3) is 0 Å². The highest BCUT2D eigenvalue weighted by atomic mass is 32.2. The first-order chi connectivity index (χ1) is 10.4. The average molecular weight is 331 g/mol. The number of carbonyl (C=O) groups excluding carboxylic acids is 1. The van der Waals surface area contributed by atoms with E-state index in [1.165, 1.54) is 30.0 Å². The van der Waals surface area contributed by atoms with E-state index in [-0.39, 0.29) is 17.7 Å². The molecule has 1 amide bonds. The molecule has 1 heterocycles. The van der Waals surface area contributed by atoms with Crippen LogP contribution in [-0.2, 0) is 14.8 Å². The summed E-state index contributed by atoms with van der Waals surface area (Å²) in [6, 6.07) is 0.454. The molecule has 0 aromatic rings. The molecule has 0 aromatic carbocycles. The number of hydrogen-bond donors (Lipinski definition) is 2. The highest BCUT2D eigenvalue weighted by Gasteiger charge is 2.37. The summed E-state index contributed by atoms with van der Waals surface area (Å²) in [6.45, 7) is 2.61. The summed E-state index contributed by atoms with van der Waals surface area (Å²) >= 11 is 0. The summed E-state index contributed by atoms with van der Waals surface area (Å²) < 4.78 is 24.6. The standard InChI is InChI=1S/C15H29N3O3S/c1-3-22(20,21)18(2)10-6-9-16-15(19)14-11-12-7-4-5-8-13(12)17-14/h12-14,17H,3-11H2,1-2H3,(H,16,19). The third kappa shape index (κ3) is 4.43. The molecule has 1 saturated heterocycles. The smallest absolute Gasteiger partial charge is 0.237 e. The molecule has 1 saturated carbocycles. The molecule has 2 N–H and O–H groups in total. The fraction of sp³-hybridized carbons (Fsp3) is 0.933. The van der Waals surface area contributed by atoms with E-state index in [1.54, 1.807) is 14.0 Å². The predicted molar refractivity (Wildman–Crippen MR) is 87.0 cm³/mol. The van der Waals surface area contributed by atoms with E-state index in [4.69, 9.17) is 0 Å². The number of rotatable bonds is 7. The number of sulfonamides is 1. The lowest BCUT2D eigenvalue weighted by molar-refractivity contribution is -0.122. The van der Waals surface area contributed by atoms with E-state index in [0.29, 0.717) is 31.5 Å². The molecule has 6 nitrogen and oxygen atoms in total.